The van der Waals surface area contributed by atoms with Crippen molar-refractivity contribution in [3.05, 3.63) is 0 Å². The quantitative estimate of drug-likeness (QED) is 0.175. The van der Waals surface area contributed by atoms with Crippen LogP contribution in [0.15, 0.2) is 0 Å². The fraction of sp³-hybridized carbons (Fsp3) is 0.529. The lowest BCUT2D eigenvalue weighted by Gasteiger charge is -2.13. The minimum atomic E-state index is -4.75. The van der Waals surface area contributed by atoms with Crippen molar-refractivity contribution in [3.63, 3.8) is 0 Å². The van der Waals surface area contributed by atoms with Gasteiger partial charge in [-0.05, 0) is 19.3 Å². The van der Waals surface area contributed by atoms with Crippen LogP contribution >= 0.6 is 14.5 Å². The van der Waals surface area contributed by atoms with Gasteiger partial charge in [-0.25, -0.2) is 19.2 Å². The van der Waals surface area contributed by atoms with E-state index < -0.39 is 85.1 Å². The molecule has 0 aliphatic heterocycles. The highest BCUT2D eigenvalue weighted by atomic mass is 31.2. The summed E-state index contributed by atoms with van der Waals surface area (Å²) < 4.78 is 0. The third-order valence-corrected chi connectivity index (χ3v) is 10.7. The highest BCUT2D eigenvalue weighted by molar-refractivity contribution is 8.25. The zero-order chi connectivity index (χ0) is 24.6. The molecule has 0 amide bonds. The largest absolute Gasteiger partial charge is 0.478 e. The molecule has 31 heavy (non-hydrogen) atoms. The molecule has 4 N–H and O–H groups in total. The molecule has 0 aromatic carbocycles. The van der Waals surface area contributed by atoms with E-state index in [9.17, 15) is 58.8 Å². The number of hydrogen-bond donors (Lipinski definition) is 4. The number of unbranched alkanes of at least 4 members (excludes halogenated alkanes) is 1. The molecule has 0 aromatic rings. The summed E-state index contributed by atoms with van der Waals surface area (Å²) in [6, 6.07) is 0. The van der Waals surface area contributed by atoms with Crippen molar-refractivity contribution >= 4 is 59.5 Å². The maximum Gasteiger partial charge on any atom is 0.478 e. The lowest BCUT2D eigenvalue weighted by Crippen LogP contribution is -2.28. The summed E-state index contributed by atoms with van der Waals surface area (Å²) in [5, 5.41) is 37.2. The lowest BCUT2D eigenvalue weighted by molar-refractivity contribution is -0.116. The first-order valence-electron chi connectivity index (χ1n) is 9.14. The van der Waals surface area contributed by atoms with Crippen molar-refractivity contribution in [3.8, 4) is 0 Å². The smallest absolute Gasteiger partial charge is 0.450 e. The minimum Gasteiger partial charge on any atom is -0.450 e. The fourth-order valence-corrected chi connectivity index (χ4v) is 7.41. The molecule has 0 aliphatic carbocycles. The van der Waals surface area contributed by atoms with Crippen molar-refractivity contribution in [1.29, 1.82) is 0 Å². The zero-order valence-corrected chi connectivity index (χ0v) is 18.7. The molecule has 0 heterocycles. The second-order valence-electron chi connectivity index (χ2n) is 6.36. The van der Waals surface area contributed by atoms with Gasteiger partial charge in [-0.2, -0.15) is 0 Å². The summed E-state index contributed by atoms with van der Waals surface area (Å²) >= 11 is 0. The SMILES string of the molecule is CCCC(=O)[P+](C(=O)O)(C(=O)O)C(=O)CCCCC(=O)[P+](C(=O)O)(C(=O)O)C(=O)CC. The highest BCUT2D eigenvalue weighted by Crippen LogP contribution is 2.64. The average molecular weight is 482 g/mol. The summed E-state index contributed by atoms with van der Waals surface area (Å²) in [5.74, 6) is 0. The summed E-state index contributed by atoms with van der Waals surface area (Å²) in [6.07, 6.45) is -2.76. The monoisotopic (exact) mass is 482 g/mol. The van der Waals surface area contributed by atoms with Crippen LogP contribution in [0, 0.1) is 0 Å². The van der Waals surface area contributed by atoms with Gasteiger partial charge in [0.2, 0.25) is 0 Å². The van der Waals surface area contributed by atoms with Gasteiger partial charge in [0.05, 0.1) is 0 Å². The Bertz CT molecular complexity index is 788. The van der Waals surface area contributed by atoms with Gasteiger partial charge in [-0.3, -0.25) is 19.2 Å². The molecular weight excluding hydrogens is 458 g/mol. The summed E-state index contributed by atoms with van der Waals surface area (Å²) in [5.41, 5.74) is -13.2. The number of carbonyl (C=O) groups excluding carboxylic acids is 4. The number of hydrogen-bond acceptors (Lipinski definition) is 8. The maximum absolute atomic E-state index is 12.4. The van der Waals surface area contributed by atoms with Gasteiger partial charge < -0.3 is 20.4 Å². The molecular formula is C17H24O12P2+2. The van der Waals surface area contributed by atoms with E-state index in [4.69, 9.17) is 0 Å². The Morgan fingerprint density at radius 3 is 1.06 bits per heavy atom. The Morgan fingerprint density at radius 1 is 0.516 bits per heavy atom. The normalized spacial score (nSPS) is 11.4. The number of carboxylic acid groups (broad SMARTS) is 4. The summed E-state index contributed by atoms with van der Waals surface area (Å²) in [7, 11) is -9.49. The first kappa shape index (κ1) is 28.4. The molecule has 12 nitrogen and oxygen atoms in total. The predicted molar refractivity (Wildman–Crippen MR) is 110 cm³/mol. The van der Waals surface area contributed by atoms with Gasteiger partial charge in [0.25, 0.3) is 0 Å². The molecule has 0 unspecified atom stereocenters. The van der Waals surface area contributed by atoms with Crippen molar-refractivity contribution < 1.29 is 58.8 Å². The van der Waals surface area contributed by atoms with Gasteiger partial charge in [0.15, 0.2) is 0 Å². The van der Waals surface area contributed by atoms with Crippen LogP contribution in [0.2, 0.25) is 0 Å². The third kappa shape index (κ3) is 5.37. The van der Waals surface area contributed by atoms with E-state index >= 15 is 0 Å². The summed E-state index contributed by atoms with van der Waals surface area (Å²) in [6.45, 7) is 2.72. The van der Waals surface area contributed by atoms with Crippen LogP contribution in [-0.4, -0.2) is 65.4 Å². The Hall–Kier alpha value is -2.58. The van der Waals surface area contributed by atoms with E-state index in [1.54, 1.807) is 0 Å². The van der Waals surface area contributed by atoms with Gasteiger partial charge in [0.1, 0.15) is 0 Å². The van der Waals surface area contributed by atoms with Crippen LogP contribution in [-0.2, 0) is 19.2 Å². The molecule has 14 heteroatoms. The Morgan fingerprint density at radius 2 is 0.806 bits per heavy atom. The minimum absolute atomic E-state index is 0.130. The predicted octanol–water partition coefficient (Wildman–Crippen LogP) is 4.61. The second kappa shape index (κ2) is 11.7. The number of rotatable bonds is 16. The van der Waals surface area contributed by atoms with Crippen molar-refractivity contribution in [2.75, 3.05) is 0 Å². The van der Waals surface area contributed by atoms with Gasteiger partial charge in [-0.1, -0.05) is 13.8 Å². The molecule has 0 saturated heterocycles. The Labute approximate surface area is 177 Å². The molecule has 0 aromatic heterocycles. The standard InChI is InChI=1S/C17H22O12P2/c1-3-7-11(19)31(16(26)27,17(28)29)13(21)9-6-5-8-12(20)30(14(22)23,15(24)25)10(18)4-2/h3-9H2,1-2H3,(H2-2,22,23,24,25,26,27,28,29)/p+2. The molecule has 0 radical (unpaired) electrons. The van der Waals surface area contributed by atoms with Gasteiger partial charge in [0, 0.05) is 25.7 Å². The van der Waals surface area contributed by atoms with Crippen LogP contribution < -0.4 is 0 Å². The van der Waals surface area contributed by atoms with Crippen LogP contribution in [0.5, 0.6) is 0 Å². The number of carbonyl (C=O) groups is 8. The molecule has 0 aliphatic rings. The average Bonchev–Trinajstić information content (AvgIpc) is 2.64. The van der Waals surface area contributed by atoms with Crippen molar-refractivity contribution in [2.45, 2.75) is 58.8 Å². The van der Waals surface area contributed by atoms with E-state index in [-0.39, 0.29) is 19.3 Å². The van der Waals surface area contributed by atoms with Crippen molar-refractivity contribution in [1.82, 2.24) is 0 Å². The van der Waals surface area contributed by atoms with Crippen LogP contribution in [0.25, 0.3) is 0 Å². The van der Waals surface area contributed by atoms with Crippen molar-refractivity contribution in [2.24, 2.45) is 0 Å². The highest BCUT2D eigenvalue weighted by Gasteiger charge is 2.70. The van der Waals surface area contributed by atoms with Crippen LogP contribution in [0.4, 0.5) is 19.2 Å². The maximum atomic E-state index is 12.4. The topological polar surface area (TPSA) is 217 Å². The molecule has 0 saturated carbocycles. The van der Waals surface area contributed by atoms with Gasteiger partial charge >= 0.3 is 59.5 Å². The Kier molecular flexibility index (Phi) is 10.7. The molecule has 0 atom stereocenters. The third-order valence-electron chi connectivity index (χ3n) is 4.44. The van der Waals surface area contributed by atoms with E-state index in [2.05, 4.69) is 0 Å². The fourth-order valence-electron chi connectivity index (χ4n) is 2.80. The molecule has 0 spiro atoms. The van der Waals surface area contributed by atoms with E-state index in [0.717, 1.165) is 0 Å². The van der Waals surface area contributed by atoms with Crippen LogP contribution in [0.1, 0.15) is 58.8 Å². The van der Waals surface area contributed by atoms with Gasteiger partial charge in [-0.15, -0.1) is 0 Å². The Balaban J connectivity index is 5.50. The lowest BCUT2D eigenvalue weighted by atomic mass is 10.2. The first-order chi connectivity index (χ1) is 14.3. The first-order valence-corrected chi connectivity index (χ1v) is 12.7. The summed E-state index contributed by atoms with van der Waals surface area (Å²) in [4.78, 5) is 95.0. The molecule has 172 valence electrons. The van der Waals surface area contributed by atoms with E-state index in [1.807, 2.05) is 0 Å². The zero-order valence-electron chi connectivity index (χ0n) is 16.9. The molecule has 0 fully saturated rings. The second-order valence-corrected chi connectivity index (χ2v) is 12.6. The molecule has 0 bridgehead atoms. The van der Waals surface area contributed by atoms with E-state index in [0.29, 0.717) is 0 Å². The van der Waals surface area contributed by atoms with Crippen LogP contribution in [0.3, 0.4) is 0 Å². The van der Waals surface area contributed by atoms with E-state index in [1.165, 1.54) is 13.8 Å². The molecule has 0 rings (SSSR count).